The number of aryl methyl sites for hydroxylation is 1. The van der Waals surface area contributed by atoms with Gasteiger partial charge in [0, 0.05) is 5.38 Å². The standard InChI is InChI=1S/C5H10N2O6P2S.2Na.2H/c1-3-2-16-4(6-3)7-5(14(8,9)10)15(11,12)13;;;;/h2,5H,1H3,(H,6,7)(H2,8,9,10)(H2,11,12,13);;;;. The van der Waals surface area contributed by atoms with E-state index in [4.69, 9.17) is 19.6 Å². The Hall–Kier alpha value is 1.73. The summed E-state index contributed by atoms with van der Waals surface area (Å²) in [5.41, 5.74) is -1.67. The van der Waals surface area contributed by atoms with Crippen molar-refractivity contribution in [1.82, 2.24) is 4.98 Å². The molecule has 0 fully saturated rings. The maximum atomic E-state index is 10.9. The molecule has 0 bridgehead atoms. The Labute approximate surface area is 152 Å². The quantitative estimate of drug-likeness (QED) is 0.356. The van der Waals surface area contributed by atoms with Crippen molar-refractivity contribution in [3.63, 3.8) is 0 Å². The van der Waals surface area contributed by atoms with Crippen molar-refractivity contribution in [2.75, 3.05) is 5.32 Å². The average Bonchev–Trinajstić information content (AvgIpc) is 2.43. The molecule has 0 radical (unpaired) electrons. The molecule has 0 spiro atoms. The van der Waals surface area contributed by atoms with Gasteiger partial charge in [0.25, 0.3) is 0 Å². The fourth-order valence-electron chi connectivity index (χ4n) is 0.895. The second-order valence-corrected chi connectivity index (χ2v) is 7.64. The van der Waals surface area contributed by atoms with Crippen LogP contribution in [0, 0.1) is 6.92 Å². The molecule has 0 aliphatic rings. The van der Waals surface area contributed by atoms with Gasteiger partial charge in [-0.1, -0.05) is 0 Å². The van der Waals surface area contributed by atoms with Crippen molar-refractivity contribution < 1.29 is 28.7 Å². The van der Waals surface area contributed by atoms with Gasteiger partial charge in [-0.2, -0.15) is 0 Å². The molecule has 18 heavy (non-hydrogen) atoms. The average molecular weight is 336 g/mol. The summed E-state index contributed by atoms with van der Waals surface area (Å²) in [5, 5.41) is 3.69. The van der Waals surface area contributed by atoms with E-state index in [1.165, 1.54) is 0 Å². The van der Waals surface area contributed by atoms with Crippen LogP contribution in [0.3, 0.4) is 0 Å². The molecule has 0 aliphatic carbocycles. The molecule has 0 amide bonds. The summed E-state index contributed by atoms with van der Waals surface area (Å²) >= 11 is 1.00. The second kappa shape index (κ2) is 8.24. The predicted octanol–water partition coefficient (Wildman–Crippen LogP) is -0.795. The summed E-state index contributed by atoms with van der Waals surface area (Å²) in [6, 6.07) is 0. The Bertz CT molecular complexity index is 450. The van der Waals surface area contributed by atoms with E-state index in [9.17, 15) is 9.13 Å². The molecule has 0 saturated carbocycles. The van der Waals surface area contributed by atoms with E-state index in [-0.39, 0.29) is 64.2 Å². The molecule has 1 aromatic heterocycles. The summed E-state index contributed by atoms with van der Waals surface area (Å²) in [7, 11) is -9.92. The Morgan fingerprint density at radius 2 is 1.67 bits per heavy atom. The topological polar surface area (TPSA) is 140 Å². The molecule has 1 heterocycles. The molecule has 8 nitrogen and oxygen atoms in total. The first-order valence-corrected chi connectivity index (χ1v) is 8.14. The zero-order valence-electron chi connectivity index (χ0n) is 8.01. The van der Waals surface area contributed by atoms with E-state index >= 15 is 0 Å². The van der Waals surface area contributed by atoms with Crippen molar-refractivity contribution in [3.8, 4) is 0 Å². The summed E-state index contributed by atoms with van der Waals surface area (Å²) in [4.78, 5) is 39.1. The van der Waals surface area contributed by atoms with Gasteiger partial charge in [0.15, 0.2) is 5.13 Å². The van der Waals surface area contributed by atoms with E-state index in [2.05, 4.69) is 10.3 Å². The first-order chi connectivity index (χ1) is 7.10. The van der Waals surface area contributed by atoms with Crippen LogP contribution in [-0.2, 0) is 9.13 Å². The van der Waals surface area contributed by atoms with Crippen LogP contribution in [-0.4, -0.2) is 89.2 Å². The molecular formula is C5H12N2Na2O6P2S. The molecule has 0 aromatic carbocycles. The number of aromatic nitrogens is 1. The van der Waals surface area contributed by atoms with Crippen LogP contribution in [0.1, 0.15) is 5.69 Å². The van der Waals surface area contributed by atoms with Crippen molar-refractivity contribution >= 4 is 90.8 Å². The maximum absolute atomic E-state index is 10.9. The minimum absolute atomic E-state index is 0. The van der Waals surface area contributed by atoms with Gasteiger partial charge in [0.2, 0.25) is 5.52 Å². The zero-order valence-corrected chi connectivity index (χ0v) is 10.6. The van der Waals surface area contributed by atoms with E-state index < -0.39 is 20.7 Å². The number of nitrogens with zero attached hydrogens (tertiary/aromatic N) is 1. The molecule has 0 atom stereocenters. The minimum atomic E-state index is -4.96. The fraction of sp³-hybridized carbons (Fsp3) is 0.400. The van der Waals surface area contributed by atoms with Gasteiger partial charge in [-0.3, -0.25) is 9.13 Å². The molecule has 13 heteroatoms. The van der Waals surface area contributed by atoms with E-state index in [0.717, 1.165) is 11.3 Å². The van der Waals surface area contributed by atoms with Gasteiger partial charge in [0.1, 0.15) is 0 Å². The van der Waals surface area contributed by atoms with Gasteiger partial charge in [-0.25, -0.2) is 4.98 Å². The van der Waals surface area contributed by atoms with E-state index in [0.29, 0.717) is 5.69 Å². The van der Waals surface area contributed by atoms with Crippen molar-refractivity contribution in [2.24, 2.45) is 0 Å². The molecule has 1 rings (SSSR count). The third-order valence-corrected chi connectivity index (χ3v) is 5.74. The van der Waals surface area contributed by atoms with Crippen LogP contribution >= 0.6 is 26.5 Å². The summed E-state index contributed by atoms with van der Waals surface area (Å²) in [6.45, 7) is 1.64. The predicted molar refractivity (Wildman–Crippen MR) is 72.6 cm³/mol. The van der Waals surface area contributed by atoms with Crippen LogP contribution in [0.15, 0.2) is 5.38 Å². The van der Waals surface area contributed by atoms with E-state index in [1.807, 2.05) is 0 Å². The third kappa shape index (κ3) is 6.95. The number of anilines is 1. The fourth-order valence-corrected chi connectivity index (χ4v) is 3.94. The first-order valence-electron chi connectivity index (χ1n) is 3.90. The molecule has 0 saturated heterocycles. The molecule has 96 valence electrons. The molecule has 5 N–H and O–H groups in total. The summed E-state index contributed by atoms with van der Waals surface area (Å²) < 4.78 is 21.8. The second-order valence-electron chi connectivity index (χ2n) is 2.99. The SMILES string of the molecule is Cc1csc(NC(P(=O)(O)O)P(=O)(O)O)n1.[NaH].[NaH]. The number of hydrogen-bond donors (Lipinski definition) is 5. The van der Waals surface area contributed by atoms with Gasteiger partial charge in [0.05, 0.1) is 5.69 Å². The number of thiazole rings is 1. The Balaban J connectivity index is 0. The zero-order chi connectivity index (χ0) is 12.6. The van der Waals surface area contributed by atoms with Gasteiger partial charge < -0.3 is 24.9 Å². The van der Waals surface area contributed by atoms with Crippen molar-refractivity contribution in [2.45, 2.75) is 12.4 Å². The Morgan fingerprint density at radius 1 is 1.22 bits per heavy atom. The van der Waals surface area contributed by atoms with Gasteiger partial charge in [-0.15, -0.1) is 11.3 Å². The normalized spacial score (nSPS) is 11.7. The molecule has 1 aromatic rings. The van der Waals surface area contributed by atoms with E-state index in [1.54, 1.807) is 12.3 Å². The summed E-state index contributed by atoms with van der Waals surface area (Å²) in [5.74, 6) is 0. The monoisotopic (exact) mass is 336 g/mol. The summed E-state index contributed by atoms with van der Waals surface area (Å²) in [6.07, 6.45) is 0. The number of nitrogens with one attached hydrogen (secondary N) is 1. The Kier molecular flexibility index (Phi) is 10.1. The Morgan fingerprint density at radius 3 is 1.94 bits per heavy atom. The van der Waals surface area contributed by atoms with Crippen molar-refractivity contribution in [3.05, 3.63) is 11.1 Å². The number of hydrogen-bond acceptors (Lipinski definition) is 5. The van der Waals surface area contributed by atoms with Crippen LogP contribution < -0.4 is 5.32 Å². The van der Waals surface area contributed by atoms with Gasteiger partial charge in [-0.05, 0) is 6.92 Å². The van der Waals surface area contributed by atoms with Crippen LogP contribution in [0.2, 0.25) is 0 Å². The first kappa shape index (κ1) is 22.0. The molecule has 0 aliphatic heterocycles. The molecular weight excluding hydrogens is 324 g/mol. The van der Waals surface area contributed by atoms with Crippen LogP contribution in [0.5, 0.6) is 0 Å². The van der Waals surface area contributed by atoms with Crippen LogP contribution in [0.25, 0.3) is 0 Å². The van der Waals surface area contributed by atoms with Crippen LogP contribution in [0.4, 0.5) is 5.13 Å². The molecule has 0 unspecified atom stereocenters. The third-order valence-electron chi connectivity index (χ3n) is 1.51. The van der Waals surface area contributed by atoms with Gasteiger partial charge >= 0.3 is 74.3 Å². The number of rotatable bonds is 4. The van der Waals surface area contributed by atoms with Crippen molar-refractivity contribution in [1.29, 1.82) is 0 Å².